The van der Waals surface area contributed by atoms with Gasteiger partial charge in [0.1, 0.15) is 5.56 Å². The van der Waals surface area contributed by atoms with Gasteiger partial charge in [0, 0.05) is 7.05 Å². The Bertz CT molecular complexity index is 495. The zero-order valence-corrected chi connectivity index (χ0v) is 10.5. The summed E-state index contributed by atoms with van der Waals surface area (Å²) in [6.45, 7) is 3.81. The quantitative estimate of drug-likeness (QED) is 0.748. The van der Waals surface area contributed by atoms with E-state index < -0.39 is 5.97 Å². The predicted molar refractivity (Wildman–Crippen MR) is 63.3 cm³/mol. The molecule has 0 aromatic carbocycles. The molecule has 1 aliphatic carbocycles. The number of hydrogen-bond acceptors (Lipinski definition) is 3. The molecule has 0 unspecified atom stereocenters. The lowest BCUT2D eigenvalue weighted by Gasteiger charge is -2.27. The monoisotopic (exact) mass is 238 g/mol. The van der Waals surface area contributed by atoms with Crippen molar-refractivity contribution in [2.75, 3.05) is 6.61 Å². The van der Waals surface area contributed by atoms with Crippen LogP contribution in [0.15, 0.2) is 4.79 Å². The maximum atomic E-state index is 12.2. The molecule has 1 aromatic rings. The van der Waals surface area contributed by atoms with Crippen molar-refractivity contribution in [2.24, 2.45) is 7.05 Å². The summed E-state index contributed by atoms with van der Waals surface area (Å²) in [5.41, 5.74) is 0.648. The number of carbonyl (C=O) groups excluding carboxylic acids is 1. The number of aromatic nitrogens is 2. The van der Waals surface area contributed by atoms with Crippen molar-refractivity contribution >= 4 is 5.97 Å². The van der Waals surface area contributed by atoms with E-state index in [9.17, 15) is 9.59 Å². The van der Waals surface area contributed by atoms with E-state index in [0.29, 0.717) is 5.69 Å². The van der Waals surface area contributed by atoms with Gasteiger partial charge in [-0.05, 0) is 33.1 Å². The Labute approximate surface area is 100.0 Å². The van der Waals surface area contributed by atoms with Crippen LogP contribution >= 0.6 is 0 Å². The van der Waals surface area contributed by atoms with Gasteiger partial charge in [-0.3, -0.25) is 9.48 Å². The molecule has 0 aliphatic heterocycles. The van der Waals surface area contributed by atoms with Gasteiger partial charge >= 0.3 is 5.97 Å². The Balaban J connectivity index is 2.46. The van der Waals surface area contributed by atoms with Gasteiger partial charge in [-0.1, -0.05) is 0 Å². The van der Waals surface area contributed by atoms with Gasteiger partial charge in [-0.2, -0.15) is 0 Å². The molecule has 1 heterocycles. The zero-order valence-electron chi connectivity index (χ0n) is 10.5. The van der Waals surface area contributed by atoms with Crippen LogP contribution < -0.4 is 5.56 Å². The Hall–Kier alpha value is -1.52. The van der Waals surface area contributed by atoms with Gasteiger partial charge in [0.15, 0.2) is 0 Å². The Morgan fingerprint density at radius 1 is 1.47 bits per heavy atom. The molecular formula is C12H18N2O3. The van der Waals surface area contributed by atoms with E-state index in [0.717, 1.165) is 19.3 Å². The summed E-state index contributed by atoms with van der Waals surface area (Å²) in [6, 6.07) is 0.245. The molecule has 1 fully saturated rings. The third-order valence-electron chi connectivity index (χ3n) is 3.49. The van der Waals surface area contributed by atoms with Crippen molar-refractivity contribution in [3.63, 3.8) is 0 Å². The van der Waals surface area contributed by atoms with Crippen LogP contribution in [-0.2, 0) is 11.8 Å². The van der Waals surface area contributed by atoms with E-state index in [4.69, 9.17) is 4.74 Å². The molecule has 5 nitrogen and oxygen atoms in total. The first-order valence-electron chi connectivity index (χ1n) is 6.03. The number of carbonyl (C=O) groups is 1. The molecule has 2 rings (SSSR count). The molecular weight excluding hydrogens is 220 g/mol. The van der Waals surface area contributed by atoms with Gasteiger partial charge in [0.2, 0.25) is 0 Å². The number of hydrogen-bond donors (Lipinski definition) is 0. The summed E-state index contributed by atoms with van der Waals surface area (Å²) in [7, 11) is 1.82. The van der Waals surface area contributed by atoms with E-state index in [-0.39, 0.29) is 23.8 Å². The molecule has 0 amide bonds. The van der Waals surface area contributed by atoms with Gasteiger partial charge in [-0.25, -0.2) is 9.48 Å². The van der Waals surface area contributed by atoms with Gasteiger partial charge in [0.05, 0.1) is 18.3 Å². The minimum atomic E-state index is -0.510. The van der Waals surface area contributed by atoms with E-state index in [2.05, 4.69) is 0 Å². The second-order valence-corrected chi connectivity index (χ2v) is 4.44. The second-order valence-electron chi connectivity index (χ2n) is 4.44. The summed E-state index contributed by atoms with van der Waals surface area (Å²) in [6.07, 6.45) is 3.18. The maximum absolute atomic E-state index is 12.2. The smallest absolute Gasteiger partial charge is 0.345 e. The van der Waals surface area contributed by atoms with Crippen LogP contribution in [0.25, 0.3) is 0 Å². The fourth-order valence-electron chi connectivity index (χ4n) is 2.21. The number of ether oxygens (including phenoxy) is 1. The van der Waals surface area contributed by atoms with E-state index in [1.807, 2.05) is 7.05 Å². The molecule has 17 heavy (non-hydrogen) atoms. The summed E-state index contributed by atoms with van der Waals surface area (Å²) in [5.74, 6) is -0.510. The number of rotatable bonds is 3. The molecule has 1 aliphatic rings. The van der Waals surface area contributed by atoms with E-state index in [1.54, 1.807) is 23.2 Å². The maximum Gasteiger partial charge on any atom is 0.345 e. The lowest BCUT2D eigenvalue weighted by atomic mass is 9.93. The van der Waals surface area contributed by atoms with Crippen LogP contribution in [0.4, 0.5) is 0 Å². The Morgan fingerprint density at radius 3 is 2.59 bits per heavy atom. The molecule has 0 N–H and O–H groups in total. The first-order chi connectivity index (χ1) is 8.07. The van der Waals surface area contributed by atoms with Gasteiger partial charge in [0.25, 0.3) is 5.56 Å². The number of nitrogens with zero attached hydrogens (tertiary/aromatic N) is 2. The molecule has 0 spiro atoms. The Kier molecular flexibility index (Phi) is 3.09. The van der Waals surface area contributed by atoms with Gasteiger partial charge in [-0.15, -0.1) is 0 Å². The van der Waals surface area contributed by atoms with Crippen molar-refractivity contribution in [3.8, 4) is 0 Å². The normalized spacial score (nSPS) is 15.7. The third-order valence-corrected chi connectivity index (χ3v) is 3.49. The van der Waals surface area contributed by atoms with Crippen LogP contribution in [0.3, 0.4) is 0 Å². The highest BCUT2D eigenvalue weighted by atomic mass is 16.5. The highest BCUT2D eigenvalue weighted by molar-refractivity contribution is 5.90. The van der Waals surface area contributed by atoms with Crippen molar-refractivity contribution in [2.45, 2.75) is 39.2 Å². The SMILES string of the molecule is CCOC(=O)c1c(C)n(C)n(C2CCC2)c1=O. The molecule has 5 heteroatoms. The first-order valence-corrected chi connectivity index (χ1v) is 6.03. The van der Waals surface area contributed by atoms with Crippen molar-refractivity contribution < 1.29 is 9.53 Å². The standard InChI is InChI=1S/C12H18N2O3/c1-4-17-12(16)10-8(2)13(3)14(11(10)15)9-6-5-7-9/h9H,4-7H2,1-3H3. The van der Waals surface area contributed by atoms with Crippen LogP contribution in [0.5, 0.6) is 0 Å². The zero-order chi connectivity index (χ0) is 12.6. The molecule has 0 atom stereocenters. The highest BCUT2D eigenvalue weighted by Gasteiger charge is 2.29. The third kappa shape index (κ3) is 1.79. The molecule has 0 radical (unpaired) electrons. The van der Waals surface area contributed by atoms with E-state index in [1.165, 1.54) is 0 Å². The fraction of sp³-hybridized carbons (Fsp3) is 0.667. The summed E-state index contributed by atoms with van der Waals surface area (Å²) >= 11 is 0. The van der Waals surface area contributed by atoms with Crippen LogP contribution in [0, 0.1) is 6.92 Å². The minimum absolute atomic E-state index is 0.182. The van der Waals surface area contributed by atoms with Gasteiger partial charge < -0.3 is 4.74 Å². The molecule has 1 aromatic heterocycles. The van der Waals surface area contributed by atoms with E-state index >= 15 is 0 Å². The second kappa shape index (κ2) is 4.39. The van der Waals surface area contributed by atoms with Crippen LogP contribution in [0.1, 0.15) is 48.3 Å². The lowest BCUT2D eigenvalue weighted by Crippen LogP contribution is -2.32. The lowest BCUT2D eigenvalue weighted by molar-refractivity contribution is 0.0523. The van der Waals surface area contributed by atoms with Crippen molar-refractivity contribution in [1.29, 1.82) is 0 Å². The molecule has 0 saturated heterocycles. The Morgan fingerprint density at radius 2 is 2.12 bits per heavy atom. The molecule has 94 valence electrons. The number of esters is 1. The topological polar surface area (TPSA) is 53.2 Å². The summed E-state index contributed by atoms with van der Waals surface area (Å²) in [4.78, 5) is 23.9. The minimum Gasteiger partial charge on any atom is -0.462 e. The first kappa shape index (κ1) is 12.0. The highest BCUT2D eigenvalue weighted by Crippen LogP contribution is 2.30. The van der Waals surface area contributed by atoms with Crippen molar-refractivity contribution in [1.82, 2.24) is 9.36 Å². The fourth-order valence-corrected chi connectivity index (χ4v) is 2.21. The average molecular weight is 238 g/mol. The van der Waals surface area contributed by atoms with Crippen LogP contribution in [-0.4, -0.2) is 21.9 Å². The van der Waals surface area contributed by atoms with Crippen molar-refractivity contribution in [3.05, 3.63) is 21.6 Å². The predicted octanol–water partition coefficient (Wildman–Crippen LogP) is 1.40. The molecule has 0 bridgehead atoms. The average Bonchev–Trinajstić information content (AvgIpc) is 2.41. The summed E-state index contributed by atoms with van der Waals surface area (Å²) in [5, 5.41) is 0. The van der Waals surface area contributed by atoms with Crippen LogP contribution in [0.2, 0.25) is 0 Å². The molecule has 1 saturated carbocycles. The largest absolute Gasteiger partial charge is 0.462 e. The summed E-state index contributed by atoms with van der Waals surface area (Å²) < 4.78 is 8.39.